The molecule has 4 aromatic heterocycles. The lowest BCUT2D eigenvalue weighted by molar-refractivity contribution is 0.292. The van der Waals surface area contributed by atoms with E-state index in [1.807, 2.05) is 34.8 Å². The van der Waals surface area contributed by atoms with Gasteiger partial charge in [-0.2, -0.15) is 5.10 Å². The number of anilines is 1. The Bertz CT molecular complexity index is 1140. The quantitative estimate of drug-likeness (QED) is 0.451. The van der Waals surface area contributed by atoms with Crippen LogP contribution in [-0.4, -0.2) is 47.6 Å². The maximum absolute atomic E-state index is 9.16. The van der Waals surface area contributed by atoms with Crippen LogP contribution in [0.3, 0.4) is 0 Å². The van der Waals surface area contributed by atoms with E-state index in [0.717, 1.165) is 32.2 Å². The topological polar surface area (TPSA) is 93.7 Å². The molecule has 4 aromatic rings. The van der Waals surface area contributed by atoms with Crippen LogP contribution in [0.2, 0.25) is 0 Å². The van der Waals surface area contributed by atoms with E-state index in [1.165, 1.54) is 0 Å². The average Bonchev–Trinajstić information content (AvgIpc) is 3.40. The second-order valence-electron chi connectivity index (χ2n) is 7.27. The van der Waals surface area contributed by atoms with Gasteiger partial charge in [0.05, 0.1) is 10.3 Å². The number of aromatic nitrogens is 6. The van der Waals surface area contributed by atoms with Crippen LogP contribution in [-0.2, 0) is 7.05 Å². The first-order valence-electron chi connectivity index (χ1n) is 9.68. The number of aliphatic hydroxyl groups excluding tert-OH is 1. The molecule has 0 aromatic carbocycles. The molecule has 0 saturated carbocycles. The first kappa shape index (κ1) is 19.5. The fourth-order valence-electron chi connectivity index (χ4n) is 3.22. The summed E-state index contributed by atoms with van der Waals surface area (Å²) in [4.78, 5) is 16.0. The normalized spacial score (nSPS) is 11.7. The summed E-state index contributed by atoms with van der Waals surface area (Å²) in [5, 5.41) is 18.3. The van der Waals surface area contributed by atoms with Crippen LogP contribution in [0.25, 0.3) is 32.4 Å². The first-order valence-corrected chi connectivity index (χ1v) is 10.5. The van der Waals surface area contributed by atoms with E-state index in [9.17, 15) is 0 Å². The third-order valence-electron chi connectivity index (χ3n) is 4.81. The number of fused-ring (bicyclic) bond motifs is 1. The molecular weight excluding hydrogens is 386 g/mol. The van der Waals surface area contributed by atoms with Crippen molar-refractivity contribution in [1.82, 2.24) is 29.3 Å². The Kier molecular flexibility index (Phi) is 5.33. The summed E-state index contributed by atoms with van der Waals surface area (Å²) in [5.41, 5.74) is 2.05. The van der Waals surface area contributed by atoms with Crippen molar-refractivity contribution >= 4 is 27.4 Å². The largest absolute Gasteiger partial charge is 0.396 e. The Morgan fingerprint density at radius 2 is 2.07 bits per heavy atom. The molecule has 0 amide bonds. The Labute approximate surface area is 173 Å². The minimum absolute atomic E-state index is 0.133. The first-order chi connectivity index (χ1) is 14.0. The summed E-state index contributed by atoms with van der Waals surface area (Å²) < 4.78 is 3.87. The van der Waals surface area contributed by atoms with Gasteiger partial charge in [0.15, 0.2) is 11.6 Å². The zero-order chi connectivity index (χ0) is 20.5. The lowest BCUT2D eigenvalue weighted by Gasteiger charge is -2.09. The van der Waals surface area contributed by atoms with Gasteiger partial charge in [0.1, 0.15) is 16.3 Å². The van der Waals surface area contributed by atoms with Gasteiger partial charge in [-0.3, -0.25) is 4.68 Å². The van der Waals surface area contributed by atoms with E-state index in [4.69, 9.17) is 20.2 Å². The van der Waals surface area contributed by atoms with E-state index in [-0.39, 0.29) is 6.61 Å². The number of aryl methyl sites for hydroxylation is 2. The molecular formula is C20H25N7OS. The monoisotopic (exact) mass is 411 g/mol. The number of rotatable bonds is 7. The smallest absolute Gasteiger partial charge is 0.199 e. The fourth-order valence-corrected chi connectivity index (χ4v) is 4.37. The Balaban J connectivity index is 1.86. The third kappa shape index (κ3) is 3.63. The van der Waals surface area contributed by atoms with Crippen molar-refractivity contribution < 1.29 is 5.11 Å². The third-order valence-corrected chi connectivity index (χ3v) is 6.02. The summed E-state index contributed by atoms with van der Waals surface area (Å²) in [6.07, 6.45) is 6.28. The van der Waals surface area contributed by atoms with Gasteiger partial charge in [0, 0.05) is 44.8 Å². The van der Waals surface area contributed by atoms with Gasteiger partial charge in [0.25, 0.3) is 0 Å². The molecule has 0 saturated heterocycles. The number of nitrogens with zero attached hydrogens (tertiary/aromatic N) is 6. The molecule has 152 valence electrons. The lowest BCUT2D eigenvalue weighted by atomic mass is 10.1. The minimum Gasteiger partial charge on any atom is -0.396 e. The van der Waals surface area contributed by atoms with E-state index >= 15 is 0 Å². The second-order valence-corrected chi connectivity index (χ2v) is 8.27. The molecule has 0 fully saturated rings. The van der Waals surface area contributed by atoms with Crippen LogP contribution < -0.4 is 5.32 Å². The molecule has 2 N–H and O–H groups in total. The van der Waals surface area contributed by atoms with Crippen LogP contribution in [0, 0.1) is 6.92 Å². The van der Waals surface area contributed by atoms with Gasteiger partial charge in [-0.1, -0.05) is 0 Å². The van der Waals surface area contributed by atoms with Gasteiger partial charge in [-0.05, 0) is 38.8 Å². The van der Waals surface area contributed by atoms with Crippen molar-refractivity contribution in [3.63, 3.8) is 0 Å². The maximum atomic E-state index is 9.16. The predicted molar refractivity (Wildman–Crippen MR) is 116 cm³/mol. The molecule has 0 unspecified atom stereocenters. The molecule has 0 aliphatic carbocycles. The highest BCUT2D eigenvalue weighted by Gasteiger charge is 2.20. The van der Waals surface area contributed by atoms with Gasteiger partial charge < -0.3 is 15.0 Å². The van der Waals surface area contributed by atoms with E-state index in [1.54, 1.807) is 17.5 Å². The predicted octanol–water partition coefficient (Wildman–Crippen LogP) is 3.64. The molecule has 4 heterocycles. The highest BCUT2D eigenvalue weighted by Crippen LogP contribution is 2.40. The molecule has 29 heavy (non-hydrogen) atoms. The van der Waals surface area contributed by atoms with Crippen molar-refractivity contribution in [2.24, 2.45) is 7.05 Å². The van der Waals surface area contributed by atoms with Gasteiger partial charge in [-0.25, -0.2) is 15.0 Å². The number of thiophene rings is 1. The summed E-state index contributed by atoms with van der Waals surface area (Å²) in [5.74, 6) is 2.07. The van der Waals surface area contributed by atoms with Crippen LogP contribution in [0.4, 0.5) is 5.82 Å². The number of hydrogen-bond acceptors (Lipinski definition) is 7. The van der Waals surface area contributed by atoms with Crippen LogP contribution in [0.15, 0.2) is 24.7 Å². The minimum atomic E-state index is 0.133. The molecule has 0 radical (unpaired) electrons. The van der Waals surface area contributed by atoms with Crippen LogP contribution >= 0.6 is 11.3 Å². The molecule has 0 atom stereocenters. The molecule has 9 heteroatoms. The Morgan fingerprint density at radius 1 is 1.24 bits per heavy atom. The zero-order valence-electron chi connectivity index (χ0n) is 17.0. The molecule has 0 bridgehead atoms. The number of imidazole rings is 1. The van der Waals surface area contributed by atoms with E-state index < -0.39 is 0 Å². The number of hydrogen-bond donors (Lipinski definition) is 2. The summed E-state index contributed by atoms with van der Waals surface area (Å²) >= 11 is 1.62. The van der Waals surface area contributed by atoms with Crippen molar-refractivity contribution in [2.45, 2.75) is 33.2 Å². The van der Waals surface area contributed by atoms with Gasteiger partial charge in [0.2, 0.25) is 0 Å². The summed E-state index contributed by atoms with van der Waals surface area (Å²) in [6.45, 7) is 7.08. The summed E-state index contributed by atoms with van der Waals surface area (Å²) in [7, 11) is 1.93. The fraction of sp³-hybridized carbons (Fsp3) is 0.400. The van der Waals surface area contributed by atoms with Crippen molar-refractivity contribution in [3.8, 4) is 22.2 Å². The van der Waals surface area contributed by atoms with Gasteiger partial charge in [-0.15, -0.1) is 11.3 Å². The van der Waals surface area contributed by atoms with Crippen LogP contribution in [0.5, 0.6) is 0 Å². The zero-order valence-corrected chi connectivity index (χ0v) is 17.9. The lowest BCUT2D eigenvalue weighted by Crippen LogP contribution is -2.07. The highest BCUT2D eigenvalue weighted by molar-refractivity contribution is 7.22. The Hall–Kier alpha value is -2.78. The maximum Gasteiger partial charge on any atom is 0.199 e. The number of nitrogens with one attached hydrogen (secondary N) is 1. The number of aliphatic hydroxyl groups is 1. The second kappa shape index (κ2) is 7.92. The van der Waals surface area contributed by atoms with E-state index in [0.29, 0.717) is 30.7 Å². The SMILES string of the molecule is Cc1c(-c2ccn(C(C)C)n2)sc2nc(-c3nccn3C)nc(NCCCO)c12. The van der Waals surface area contributed by atoms with Crippen LogP contribution in [0.1, 0.15) is 31.9 Å². The standard InChI is InChI=1S/C20H25N7OS/c1-12(2)27-9-6-14(25-27)16-13(3)15-17(21-7-5-11-28)23-18(24-20(15)29-16)19-22-8-10-26(19)4/h6,8-10,12,28H,5,7,11H2,1-4H3,(H,21,23,24). The molecule has 0 aliphatic rings. The molecule has 0 spiro atoms. The van der Waals surface area contributed by atoms with E-state index in [2.05, 4.69) is 31.1 Å². The average molecular weight is 412 g/mol. The van der Waals surface area contributed by atoms with Crippen molar-refractivity contribution in [1.29, 1.82) is 0 Å². The van der Waals surface area contributed by atoms with Crippen molar-refractivity contribution in [3.05, 3.63) is 30.2 Å². The molecule has 4 rings (SSSR count). The summed E-state index contributed by atoms with van der Waals surface area (Å²) in [6, 6.07) is 2.35. The van der Waals surface area contributed by atoms with Crippen molar-refractivity contribution in [2.75, 3.05) is 18.5 Å². The molecule has 0 aliphatic heterocycles. The molecule has 8 nitrogen and oxygen atoms in total. The van der Waals surface area contributed by atoms with Gasteiger partial charge >= 0.3 is 0 Å². The Morgan fingerprint density at radius 3 is 2.72 bits per heavy atom. The highest BCUT2D eigenvalue weighted by atomic mass is 32.1.